The van der Waals surface area contributed by atoms with Crippen LogP contribution in [0.3, 0.4) is 0 Å². The normalized spacial score (nSPS) is 11.1. The van der Waals surface area contributed by atoms with Gasteiger partial charge in [0.15, 0.2) is 0 Å². The van der Waals surface area contributed by atoms with Crippen molar-refractivity contribution in [1.82, 2.24) is 4.57 Å². The van der Waals surface area contributed by atoms with Gasteiger partial charge < -0.3 is 9.67 Å². The highest BCUT2D eigenvalue weighted by Gasteiger charge is 2.08. The maximum Gasteiger partial charge on any atom is 0.0833 e. The van der Waals surface area contributed by atoms with E-state index in [-0.39, 0.29) is 6.61 Å². The molecule has 1 heterocycles. The van der Waals surface area contributed by atoms with E-state index in [1.54, 1.807) is 0 Å². The Labute approximate surface area is 87.7 Å². The van der Waals surface area contributed by atoms with E-state index in [1.807, 2.05) is 35.8 Å². The van der Waals surface area contributed by atoms with Gasteiger partial charge in [0.2, 0.25) is 0 Å². The molecule has 1 aromatic heterocycles. The van der Waals surface area contributed by atoms with Crippen LogP contribution in [0.1, 0.15) is 12.6 Å². The smallest absolute Gasteiger partial charge is 0.0833 e. The van der Waals surface area contributed by atoms with Crippen LogP contribution < -0.4 is 0 Å². The van der Waals surface area contributed by atoms with Crippen LogP contribution in [-0.2, 0) is 13.2 Å². The van der Waals surface area contributed by atoms with Crippen LogP contribution in [0.2, 0.25) is 5.02 Å². The van der Waals surface area contributed by atoms with Crippen LogP contribution >= 0.6 is 11.6 Å². The molecule has 2 nitrogen and oxygen atoms in total. The summed E-state index contributed by atoms with van der Waals surface area (Å²) < 4.78 is 2.04. The van der Waals surface area contributed by atoms with E-state index in [1.165, 1.54) is 0 Å². The summed E-state index contributed by atoms with van der Waals surface area (Å²) in [6, 6.07) is 7.78. The highest BCUT2D eigenvalue weighted by atomic mass is 35.5. The van der Waals surface area contributed by atoms with Crippen molar-refractivity contribution in [2.24, 2.45) is 0 Å². The second-order valence-electron chi connectivity index (χ2n) is 3.22. The molecule has 0 unspecified atom stereocenters. The zero-order chi connectivity index (χ0) is 10.1. The molecular weight excluding hydrogens is 198 g/mol. The minimum Gasteiger partial charge on any atom is -0.390 e. The van der Waals surface area contributed by atoms with E-state index in [4.69, 9.17) is 11.6 Å². The molecule has 3 heteroatoms. The third-order valence-electron chi connectivity index (χ3n) is 2.43. The first-order chi connectivity index (χ1) is 6.77. The summed E-state index contributed by atoms with van der Waals surface area (Å²) in [6.45, 7) is 2.92. The number of benzene rings is 1. The SMILES string of the molecule is CCn1c(CO)cc2cccc(Cl)c21. The number of hydrogen-bond acceptors (Lipinski definition) is 1. The van der Waals surface area contributed by atoms with Crippen LogP contribution in [0.5, 0.6) is 0 Å². The lowest BCUT2D eigenvalue weighted by molar-refractivity contribution is 0.272. The minimum absolute atomic E-state index is 0.0544. The summed E-state index contributed by atoms with van der Waals surface area (Å²) in [4.78, 5) is 0. The molecule has 0 bridgehead atoms. The molecule has 0 amide bonds. The Morgan fingerprint density at radius 3 is 2.86 bits per heavy atom. The fourth-order valence-electron chi connectivity index (χ4n) is 1.83. The van der Waals surface area contributed by atoms with Gasteiger partial charge >= 0.3 is 0 Å². The number of aryl methyl sites for hydroxylation is 1. The molecule has 0 radical (unpaired) electrons. The fourth-order valence-corrected chi connectivity index (χ4v) is 2.11. The first kappa shape index (κ1) is 9.56. The fraction of sp³-hybridized carbons (Fsp3) is 0.273. The second kappa shape index (κ2) is 3.64. The van der Waals surface area contributed by atoms with Crippen LogP contribution in [-0.4, -0.2) is 9.67 Å². The van der Waals surface area contributed by atoms with E-state index in [2.05, 4.69) is 0 Å². The Hall–Kier alpha value is -0.990. The lowest BCUT2D eigenvalue weighted by Crippen LogP contribution is -1.99. The van der Waals surface area contributed by atoms with Crippen molar-refractivity contribution < 1.29 is 5.11 Å². The number of nitrogens with zero attached hydrogens (tertiary/aromatic N) is 1. The van der Waals surface area contributed by atoms with Gasteiger partial charge in [-0.15, -0.1) is 0 Å². The maximum atomic E-state index is 9.18. The van der Waals surface area contributed by atoms with Gasteiger partial charge in [-0.1, -0.05) is 23.7 Å². The van der Waals surface area contributed by atoms with Crippen LogP contribution in [0.15, 0.2) is 24.3 Å². The van der Waals surface area contributed by atoms with Crippen molar-refractivity contribution in [1.29, 1.82) is 0 Å². The van der Waals surface area contributed by atoms with Gasteiger partial charge in [-0.2, -0.15) is 0 Å². The average Bonchev–Trinajstić information content (AvgIpc) is 2.56. The lowest BCUT2D eigenvalue weighted by Gasteiger charge is -2.06. The summed E-state index contributed by atoms with van der Waals surface area (Å²) in [6.07, 6.45) is 0. The molecule has 0 saturated carbocycles. The average molecular weight is 210 g/mol. The summed E-state index contributed by atoms with van der Waals surface area (Å²) in [5, 5.41) is 11.0. The van der Waals surface area contributed by atoms with Gasteiger partial charge in [-0.05, 0) is 19.1 Å². The molecule has 2 rings (SSSR count). The third kappa shape index (κ3) is 1.31. The summed E-state index contributed by atoms with van der Waals surface area (Å²) in [7, 11) is 0. The number of fused-ring (bicyclic) bond motifs is 1. The second-order valence-corrected chi connectivity index (χ2v) is 3.62. The molecule has 0 aliphatic carbocycles. The van der Waals surface area contributed by atoms with Crippen molar-refractivity contribution >= 4 is 22.5 Å². The summed E-state index contributed by atoms with van der Waals surface area (Å²) in [5.74, 6) is 0. The van der Waals surface area contributed by atoms with E-state index >= 15 is 0 Å². The predicted octanol–water partition coefficient (Wildman–Crippen LogP) is 2.81. The number of halogens is 1. The first-order valence-corrected chi connectivity index (χ1v) is 5.03. The quantitative estimate of drug-likeness (QED) is 0.809. The number of aliphatic hydroxyl groups is 1. The Morgan fingerprint density at radius 1 is 1.43 bits per heavy atom. The van der Waals surface area contributed by atoms with Crippen molar-refractivity contribution in [3.63, 3.8) is 0 Å². The zero-order valence-electron chi connectivity index (χ0n) is 8.00. The van der Waals surface area contributed by atoms with Gasteiger partial charge in [0.1, 0.15) is 0 Å². The Balaban J connectivity index is 2.81. The van der Waals surface area contributed by atoms with Gasteiger partial charge in [-0.25, -0.2) is 0 Å². The molecule has 0 aliphatic rings. The Bertz CT molecular complexity index is 462. The molecule has 0 atom stereocenters. The van der Waals surface area contributed by atoms with Crippen LogP contribution in [0.25, 0.3) is 10.9 Å². The summed E-state index contributed by atoms with van der Waals surface area (Å²) >= 11 is 6.11. The number of rotatable bonds is 2. The minimum atomic E-state index is 0.0544. The maximum absolute atomic E-state index is 9.18. The first-order valence-electron chi connectivity index (χ1n) is 4.65. The molecule has 0 saturated heterocycles. The molecule has 0 fully saturated rings. The Morgan fingerprint density at radius 2 is 2.21 bits per heavy atom. The number of aromatic nitrogens is 1. The molecule has 0 aliphatic heterocycles. The van der Waals surface area contributed by atoms with Crippen molar-refractivity contribution in [2.45, 2.75) is 20.1 Å². The molecule has 0 spiro atoms. The highest BCUT2D eigenvalue weighted by molar-refractivity contribution is 6.35. The standard InChI is InChI=1S/C11H12ClNO/c1-2-13-9(7-14)6-8-4-3-5-10(12)11(8)13/h3-6,14H,2,7H2,1H3. The molecule has 1 aromatic carbocycles. The van der Waals surface area contributed by atoms with Crippen molar-refractivity contribution in [2.75, 3.05) is 0 Å². The molecule has 1 N–H and O–H groups in total. The van der Waals surface area contributed by atoms with Crippen LogP contribution in [0.4, 0.5) is 0 Å². The molecule has 2 aromatic rings. The molecule has 74 valence electrons. The predicted molar refractivity (Wildman–Crippen MR) is 58.5 cm³/mol. The van der Waals surface area contributed by atoms with Crippen molar-refractivity contribution in [3.05, 3.63) is 35.0 Å². The van der Waals surface area contributed by atoms with Crippen LogP contribution in [0, 0.1) is 0 Å². The van der Waals surface area contributed by atoms with E-state index in [9.17, 15) is 5.11 Å². The molecular formula is C11H12ClNO. The highest BCUT2D eigenvalue weighted by Crippen LogP contribution is 2.26. The topological polar surface area (TPSA) is 25.2 Å². The Kier molecular flexibility index (Phi) is 2.48. The lowest BCUT2D eigenvalue weighted by atomic mass is 10.2. The number of para-hydroxylation sites is 1. The summed E-state index contributed by atoms with van der Waals surface area (Å²) in [5.41, 5.74) is 1.93. The number of aliphatic hydroxyl groups excluding tert-OH is 1. The number of hydrogen-bond donors (Lipinski definition) is 1. The van der Waals surface area contributed by atoms with Crippen molar-refractivity contribution in [3.8, 4) is 0 Å². The molecule has 14 heavy (non-hydrogen) atoms. The van der Waals surface area contributed by atoms with Gasteiger partial charge in [0.25, 0.3) is 0 Å². The van der Waals surface area contributed by atoms with Gasteiger partial charge in [-0.3, -0.25) is 0 Å². The van der Waals surface area contributed by atoms with Gasteiger partial charge in [0, 0.05) is 17.6 Å². The van der Waals surface area contributed by atoms with E-state index < -0.39 is 0 Å². The van der Waals surface area contributed by atoms with Gasteiger partial charge in [0.05, 0.1) is 17.1 Å². The largest absolute Gasteiger partial charge is 0.390 e. The third-order valence-corrected chi connectivity index (χ3v) is 2.74. The monoisotopic (exact) mass is 209 g/mol. The van der Waals surface area contributed by atoms with E-state index in [0.717, 1.165) is 28.2 Å². The van der Waals surface area contributed by atoms with E-state index in [0.29, 0.717) is 0 Å². The zero-order valence-corrected chi connectivity index (χ0v) is 8.75.